The van der Waals surface area contributed by atoms with Gasteiger partial charge in [-0.2, -0.15) is 5.10 Å². The summed E-state index contributed by atoms with van der Waals surface area (Å²) >= 11 is 0. The first-order valence-electron chi connectivity index (χ1n) is 5.89. The fourth-order valence-electron chi connectivity index (χ4n) is 1.35. The van der Waals surface area contributed by atoms with Crippen molar-refractivity contribution < 1.29 is 8.42 Å². The fraction of sp³-hybridized carbons (Fsp3) is 0.727. The van der Waals surface area contributed by atoms with Gasteiger partial charge in [0, 0.05) is 18.3 Å². The van der Waals surface area contributed by atoms with Gasteiger partial charge in [0.1, 0.15) is 0 Å². The molecule has 1 rings (SSSR count). The summed E-state index contributed by atoms with van der Waals surface area (Å²) in [5.74, 6) is 0.146. The minimum atomic E-state index is -2.98. The molecule has 0 aliphatic heterocycles. The van der Waals surface area contributed by atoms with E-state index in [0.717, 1.165) is 18.7 Å². The van der Waals surface area contributed by atoms with Gasteiger partial charge in [0.2, 0.25) is 0 Å². The van der Waals surface area contributed by atoms with Gasteiger partial charge in [-0.25, -0.2) is 8.42 Å². The highest BCUT2D eigenvalue weighted by Crippen LogP contribution is 2.03. The summed E-state index contributed by atoms with van der Waals surface area (Å²) in [5.41, 5.74) is 1.08. The van der Waals surface area contributed by atoms with Gasteiger partial charge in [-0.15, -0.1) is 0 Å². The zero-order chi connectivity index (χ0) is 12.9. The molecule has 0 aromatic carbocycles. The maximum absolute atomic E-state index is 11.6. The average molecular weight is 259 g/mol. The smallest absolute Gasteiger partial charge is 0.154 e. The Morgan fingerprint density at radius 2 is 2.18 bits per heavy atom. The largest absolute Gasteiger partial charge is 0.313 e. The van der Waals surface area contributed by atoms with E-state index in [1.165, 1.54) is 0 Å². The van der Waals surface area contributed by atoms with E-state index in [1.807, 2.05) is 13.1 Å². The molecule has 0 saturated heterocycles. The van der Waals surface area contributed by atoms with E-state index in [9.17, 15) is 8.42 Å². The van der Waals surface area contributed by atoms with Crippen LogP contribution < -0.4 is 5.32 Å². The molecule has 1 heterocycles. The van der Waals surface area contributed by atoms with E-state index in [2.05, 4.69) is 10.4 Å². The van der Waals surface area contributed by atoms with Crippen LogP contribution in [-0.4, -0.2) is 35.7 Å². The van der Waals surface area contributed by atoms with E-state index in [1.54, 1.807) is 24.7 Å². The SMILES string of the molecule is CCNCc1cnn(CCS(=O)(=O)C(C)C)c1. The molecule has 1 aromatic rings. The van der Waals surface area contributed by atoms with E-state index >= 15 is 0 Å². The summed E-state index contributed by atoms with van der Waals surface area (Å²) < 4.78 is 24.9. The summed E-state index contributed by atoms with van der Waals surface area (Å²) in [4.78, 5) is 0. The quantitative estimate of drug-likeness (QED) is 0.787. The number of aromatic nitrogens is 2. The van der Waals surface area contributed by atoms with Crippen LogP contribution in [0.3, 0.4) is 0 Å². The Bertz CT molecular complexity index is 437. The molecule has 1 N–H and O–H groups in total. The van der Waals surface area contributed by atoms with Crippen molar-refractivity contribution in [3.63, 3.8) is 0 Å². The Morgan fingerprint density at radius 1 is 1.47 bits per heavy atom. The third-order valence-electron chi connectivity index (χ3n) is 2.59. The van der Waals surface area contributed by atoms with Gasteiger partial charge in [-0.05, 0) is 20.4 Å². The summed E-state index contributed by atoms with van der Waals surface area (Å²) in [7, 11) is -2.98. The molecule has 0 atom stereocenters. The lowest BCUT2D eigenvalue weighted by Crippen LogP contribution is -2.21. The van der Waals surface area contributed by atoms with Crippen molar-refractivity contribution in [3.05, 3.63) is 18.0 Å². The Balaban J connectivity index is 2.50. The van der Waals surface area contributed by atoms with Gasteiger partial charge < -0.3 is 5.32 Å². The van der Waals surface area contributed by atoms with Gasteiger partial charge in [0.05, 0.1) is 23.7 Å². The first-order valence-corrected chi connectivity index (χ1v) is 7.61. The predicted octanol–water partition coefficient (Wildman–Crippen LogP) is 0.816. The third kappa shape index (κ3) is 4.47. The van der Waals surface area contributed by atoms with Crippen LogP contribution in [-0.2, 0) is 22.9 Å². The Morgan fingerprint density at radius 3 is 2.76 bits per heavy atom. The molecule has 0 radical (unpaired) electrons. The normalized spacial score (nSPS) is 12.2. The van der Waals surface area contributed by atoms with Crippen LogP contribution in [0.4, 0.5) is 0 Å². The van der Waals surface area contributed by atoms with Crippen LogP contribution in [0.1, 0.15) is 26.3 Å². The maximum atomic E-state index is 11.6. The molecule has 0 unspecified atom stereocenters. The minimum absolute atomic E-state index is 0.146. The van der Waals surface area contributed by atoms with Crippen LogP contribution in [0, 0.1) is 0 Å². The highest BCUT2D eigenvalue weighted by Gasteiger charge is 2.15. The summed E-state index contributed by atoms with van der Waals surface area (Å²) in [5, 5.41) is 7.02. The molecule has 0 fully saturated rings. The lowest BCUT2D eigenvalue weighted by atomic mass is 10.3. The van der Waals surface area contributed by atoms with Gasteiger partial charge in [0.15, 0.2) is 9.84 Å². The number of nitrogens with zero attached hydrogens (tertiary/aromatic N) is 2. The molecule has 1 aromatic heterocycles. The second kappa shape index (κ2) is 6.16. The number of sulfone groups is 1. The summed E-state index contributed by atoms with van der Waals surface area (Å²) in [6.45, 7) is 7.55. The van der Waals surface area contributed by atoms with Crippen molar-refractivity contribution in [2.75, 3.05) is 12.3 Å². The van der Waals surface area contributed by atoms with Crippen molar-refractivity contribution >= 4 is 9.84 Å². The van der Waals surface area contributed by atoms with Crippen molar-refractivity contribution in [2.24, 2.45) is 0 Å². The Hall–Kier alpha value is -0.880. The Kier molecular flexibility index (Phi) is 5.14. The molecule has 0 saturated carbocycles. The van der Waals surface area contributed by atoms with E-state index < -0.39 is 9.84 Å². The Labute approximate surface area is 103 Å². The molecule has 98 valence electrons. The van der Waals surface area contributed by atoms with Crippen LogP contribution in [0.5, 0.6) is 0 Å². The molecule has 0 bridgehead atoms. The molecule has 17 heavy (non-hydrogen) atoms. The first kappa shape index (κ1) is 14.2. The van der Waals surface area contributed by atoms with Crippen molar-refractivity contribution in [1.29, 1.82) is 0 Å². The fourth-order valence-corrected chi connectivity index (χ4v) is 2.26. The highest BCUT2D eigenvalue weighted by molar-refractivity contribution is 7.91. The van der Waals surface area contributed by atoms with E-state index in [4.69, 9.17) is 0 Å². The molecular formula is C11H21N3O2S. The van der Waals surface area contributed by atoms with Gasteiger partial charge >= 0.3 is 0 Å². The van der Waals surface area contributed by atoms with E-state index in [0.29, 0.717) is 6.54 Å². The second-order valence-corrected chi connectivity index (χ2v) is 6.98. The topological polar surface area (TPSA) is 64.0 Å². The highest BCUT2D eigenvalue weighted by atomic mass is 32.2. The number of rotatable bonds is 7. The van der Waals surface area contributed by atoms with Crippen LogP contribution >= 0.6 is 0 Å². The average Bonchev–Trinajstić information content (AvgIpc) is 2.71. The lowest BCUT2D eigenvalue weighted by molar-refractivity contribution is 0.572. The molecule has 0 aliphatic carbocycles. The molecular weight excluding hydrogens is 238 g/mol. The number of hydrogen-bond donors (Lipinski definition) is 1. The van der Waals surface area contributed by atoms with Gasteiger partial charge in [0.25, 0.3) is 0 Å². The predicted molar refractivity (Wildman–Crippen MR) is 68.5 cm³/mol. The molecule has 0 aliphatic rings. The van der Waals surface area contributed by atoms with Gasteiger partial charge in [-0.3, -0.25) is 4.68 Å². The zero-order valence-electron chi connectivity index (χ0n) is 10.7. The zero-order valence-corrected chi connectivity index (χ0v) is 11.5. The van der Waals surface area contributed by atoms with Crippen LogP contribution in [0.15, 0.2) is 12.4 Å². The van der Waals surface area contributed by atoms with Gasteiger partial charge in [-0.1, -0.05) is 6.92 Å². The molecule has 0 amide bonds. The second-order valence-electron chi connectivity index (χ2n) is 4.31. The maximum Gasteiger partial charge on any atom is 0.154 e. The van der Waals surface area contributed by atoms with Crippen molar-refractivity contribution in [1.82, 2.24) is 15.1 Å². The third-order valence-corrected chi connectivity index (χ3v) is 4.78. The molecule has 6 heteroatoms. The first-order chi connectivity index (χ1) is 7.95. The number of aryl methyl sites for hydroxylation is 1. The van der Waals surface area contributed by atoms with E-state index in [-0.39, 0.29) is 11.0 Å². The standard InChI is InChI=1S/C11H21N3O2S/c1-4-12-7-11-8-13-14(9-11)5-6-17(15,16)10(2)3/h8-10,12H,4-7H2,1-3H3. The van der Waals surface area contributed by atoms with Crippen LogP contribution in [0.25, 0.3) is 0 Å². The van der Waals surface area contributed by atoms with Crippen molar-refractivity contribution in [2.45, 2.75) is 39.1 Å². The monoisotopic (exact) mass is 259 g/mol. The number of hydrogen-bond acceptors (Lipinski definition) is 4. The molecule has 5 nitrogen and oxygen atoms in total. The number of nitrogens with one attached hydrogen (secondary N) is 1. The lowest BCUT2D eigenvalue weighted by Gasteiger charge is -2.07. The summed E-state index contributed by atoms with van der Waals surface area (Å²) in [6, 6.07) is 0. The summed E-state index contributed by atoms with van der Waals surface area (Å²) in [6.07, 6.45) is 3.66. The molecule has 0 spiro atoms. The van der Waals surface area contributed by atoms with Crippen LogP contribution in [0.2, 0.25) is 0 Å². The minimum Gasteiger partial charge on any atom is -0.313 e. The van der Waals surface area contributed by atoms with Crippen molar-refractivity contribution in [3.8, 4) is 0 Å².